The number of hydrogen-bond acceptors (Lipinski definition) is 2. The molecule has 3 rings (SSSR count). The molecule has 6 heteroatoms. The van der Waals surface area contributed by atoms with E-state index in [0.29, 0.717) is 11.5 Å². The molecular formula is C20H14F3NO2. The molecule has 0 spiro atoms. The van der Waals surface area contributed by atoms with Crippen LogP contribution in [-0.4, -0.2) is 5.91 Å². The zero-order valence-corrected chi connectivity index (χ0v) is 13.5. The first-order valence-corrected chi connectivity index (χ1v) is 7.74. The number of para-hydroxylation sites is 2. The summed E-state index contributed by atoms with van der Waals surface area (Å²) in [5, 5.41) is 2.48. The number of carbonyl (C=O) groups excluding carboxylic acids is 1. The summed E-state index contributed by atoms with van der Waals surface area (Å²) in [5.74, 6) is 0.297. The van der Waals surface area contributed by atoms with Gasteiger partial charge in [-0.15, -0.1) is 0 Å². The van der Waals surface area contributed by atoms with Crippen LogP contribution in [0.15, 0.2) is 78.9 Å². The van der Waals surface area contributed by atoms with Crippen LogP contribution in [0.1, 0.15) is 15.9 Å². The number of halogens is 3. The maximum atomic E-state index is 12.8. The molecule has 3 nitrogen and oxygen atoms in total. The van der Waals surface area contributed by atoms with Gasteiger partial charge in [0.05, 0.1) is 11.1 Å². The van der Waals surface area contributed by atoms with Crippen LogP contribution in [0.4, 0.5) is 18.9 Å². The molecule has 3 aromatic rings. The summed E-state index contributed by atoms with van der Waals surface area (Å²) < 4.78 is 44.1. The fraction of sp³-hybridized carbons (Fsp3) is 0.0500. The second-order valence-electron chi connectivity index (χ2n) is 5.44. The third-order valence-electron chi connectivity index (χ3n) is 3.55. The lowest BCUT2D eigenvalue weighted by Crippen LogP contribution is -2.14. The van der Waals surface area contributed by atoms with Crippen LogP contribution in [0, 0.1) is 0 Å². The van der Waals surface area contributed by atoms with Crippen LogP contribution in [0.3, 0.4) is 0 Å². The molecule has 0 radical (unpaired) electrons. The first-order chi connectivity index (χ1) is 12.4. The van der Waals surface area contributed by atoms with E-state index in [-0.39, 0.29) is 11.3 Å². The lowest BCUT2D eigenvalue weighted by Gasteiger charge is -2.12. The van der Waals surface area contributed by atoms with Crippen molar-refractivity contribution in [2.45, 2.75) is 6.18 Å². The van der Waals surface area contributed by atoms with E-state index in [1.54, 1.807) is 48.5 Å². The second kappa shape index (κ2) is 7.31. The number of alkyl halides is 3. The maximum Gasteiger partial charge on any atom is 0.416 e. The van der Waals surface area contributed by atoms with Gasteiger partial charge in [0.15, 0.2) is 0 Å². The number of nitrogens with one attached hydrogen (secondary N) is 1. The molecule has 0 unspecified atom stereocenters. The van der Waals surface area contributed by atoms with Gasteiger partial charge in [0.1, 0.15) is 11.5 Å². The van der Waals surface area contributed by atoms with Crippen LogP contribution in [-0.2, 0) is 6.18 Å². The Morgan fingerprint density at radius 2 is 1.54 bits per heavy atom. The Bertz CT molecular complexity index is 908. The van der Waals surface area contributed by atoms with Crippen molar-refractivity contribution in [1.29, 1.82) is 0 Å². The Balaban J connectivity index is 1.83. The SMILES string of the molecule is O=C(Nc1cccc(C(F)(F)F)c1)c1ccccc1Oc1ccccc1. The molecule has 0 atom stereocenters. The van der Waals surface area contributed by atoms with Gasteiger partial charge in [-0.1, -0.05) is 36.4 Å². The quantitative estimate of drug-likeness (QED) is 0.646. The van der Waals surface area contributed by atoms with Crippen molar-refractivity contribution in [1.82, 2.24) is 0 Å². The fourth-order valence-corrected chi connectivity index (χ4v) is 2.33. The molecule has 0 aliphatic heterocycles. The van der Waals surface area contributed by atoms with Gasteiger partial charge >= 0.3 is 6.18 Å². The molecule has 1 N–H and O–H groups in total. The molecule has 26 heavy (non-hydrogen) atoms. The lowest BCUT2D eigenvalue weighted by atomic mass is 10.1. The number of anilines is 1. The van der Waals surface area contributed by atoms with Crippen molar-refractivity contribution in [3.8, 4) is 11.5 Å². The van der Waals surface area contributed by atoms with Gasteiger partial charge in [-0.05, 0) is 42.5 Å². The van der Waals surface area contributed by atoms with E-state index in [0.717, 1.165) is 12.1 Å². The van der Waals surface area contributed by atoms with Gasteiger partial charge in [-0.3, -0.25) is 4.79 Å². The molecule has 0 bridgehead atoms. The van der Waals surface area contributed by atoms with Crippen LogP contribution >= 0.6 is 0 Å². The summed E-state index contributed by atoms with van der Waals surface area (Å²) in [6.07, 6.45) is -4.48. The third kappa shape index (κ3) is 4.22. The Hall–Kier alpha value is -3.28. The first-order valence-electron chi connectivity index (χ1n) is 7.74. The molecule has 0 aromatic heterocycles. The predicted molar refractivity (Wildman–Crippen MR) is 92.4 cm³/mol. The highest BCUT2D eigenvalue weighted by Crippen LogP contribution is 2.31. The lowest BCUT2D eigenvalue weighted by molar-refractivity contribution is -0.137. The zero-order chi connectivity index (χ0) is 18.6. The van der Waals surface area contributed by atoms with Gasteiger partial charge in [0.25, 0.3) is 5.91 Å². The number of amides is 1. The average Bonchev–Trinajstić information content (AvgIpc) is 2.62. The van der Waals surface area contributed by atoms with Crippen LogP contribution in [0.2, 0.25) is 0 Å². The average molecular weight is 357 g/mol. The number of hydrogen-bond donors (Lipinski definition) is 1. The normalized spacial score (nSPS) is 11.0. The summed E-state index contributed by atoms with van der Waals surface area (Å²) in [5.41, 5.74) is -0.558. The molecule has 1 amide bonds. The molecule has 0 saturated heterocycles. The Morgan fingerprint density at radius 1 is 0.846 bits per heavy atom. The minimum Gasteiger partial charge on any atom is -0.457 e. The van der Waals surface area contributed by atoms with Gasteiger partial charge < -0.3 is 10.1 Å². The van der Waals surface area contributed by atoms with Crippen molar-refractivity contribution in [3.05, 3.63) is 90.0 Å². The third-order valence-corrected chi connectivity index (χ3v) is 3.55. The largest absolute Gasteiger partial charge is 0.457 e. The highest BCUT2D eigenvalue weighted by Gasteiger charge is 2.30. The number of benzene rings is 3. The number of carbonyl (C=O) groups is 1. The minimum atomic E-state index is -4.48. The summed E-state index contributed by atoms with van der Waals surface area (Å²) in [7, 11) is 0. The fourth-order valence-electron chi connectivity index (χ4n) is 2.33. The van der Waals surface area contributed by atoms with E-state index < -0.39 is 17.6 Å². The molecule has 0 fully saturated rings. The predicted octanol–water partition coefficient (Wildman–Crippen LogP) is 5.75. The molecule has 0 aliphatic rings. The maximum absolute atomic E-state index is 12.8. The summed E-state index contributed by atoms with van der Waals surface area (Å²) in [4.78, 5) is 12.5. The van der Waals surface area contributed by atoms with Crippen molar-refractivity contribution >= 4 is 11.6 Å². The Morgan fingerprint density at radius 3 is 2.27 bits per heavy atom. The van der Waals surface area contributed by atoms with E-state index >= 15 is 0 Å². The van der Waals surface area contributed by atoms with Crippen molar-refractivity contribution in [2.24, 2.45) is 0 Å². The van der Waals surface area contributed by atoms with E-state index in [9.17, 15) is 18.0 Å². The molecule has 0 aliphatic carbocycles. The molecular weight excluding hydrogens is 343 g/mol. The van der Waals surface area contributed by atoms with Gasteiger partial charge in [0, 0.05) is 5.69 Å². The molecule has 3 aromatic carbocycles. The smallest absolute Gasteiger partial charge is 0.416 e. The monoisotopic (exact) mass is 357 g/mol. The van der Waals surface area contributed by atoms with Crippen molar-refractivity contribution in [2.75, 3.05) is 5.32 Å². The van der Waals surface area contributed by atoms with E-state index in [1.165, 1.54) is 12.1 Å². The summed E-state index contributed by atoms with van der Waals surface area (Å²) in [6.45, 7) is 0. The second-order valence-corrected chi connectivity index (χ2v) is 5.44. The van der Waals surface area contributed by atoms with Crippen LogP contribution in [0.5, 0.6) is 11.5 Å². The van der Waals surface area contributed by atoms with Crippen LogP contribution in [0.25, 0.3) is 0 Å². The Kier molecular flexibility index (Phi) is 4.93. The Labute approximate surface area is 148 Å². The molecule has 132 valence electrons. The van der Waals surface area contributed by atoms with Crippen LogP contribution < -0.4 is 10.1 Å². The highest BCUT2D eigenvalue weighted by atomic mass is 19.4. The summed E-state index contributed by atoms with van der Waals surface area (Å²) >= 11 is 0. The first kappa shape index (κ1) is 17.5. The van der Waals surface area contributed by atoms with Crippen molar-refractivity contribution in [3.63, 3.8) is 0 Å². The van der Waals surface area contributed by atoms with Gasteiger partial charge in [0.2, 0.25) is 0 Å². The highest BCUT2D eigenvalue weighted by molar-refractivity contribution is 6.06. The van der Waals surface area contributed by atoms with E-state index in [2.05, 4.69) is 5.32 Å². The standard InChI is InChI=1S/C20H14F3NO2/c21-20(22,23)14-7-6-8-15(13-14)24-19(25)17-11-4-5-12-18(17)26-16-9-2-1-3-10-16/h1-13H,(H,24,25). The van der Waals surface area contributed by atoms with E-state index in [4.69, 9.17) is 4.74 Å². The zero-order valence-electron chi connectivity index (χ0n) is 13.5. The topological polar surface area (TPSA) is 38.3 Å². The minimum absolute atomic E-state index is 0.0549. The molecule has 0 heterocycles. The summed E-state index contributed by atoms with van der Waals surface area (Å²) in [6, 6.07) is 19.9. The van der Waals surface area contributed by atoms with E-state index in [1.807, 2.05) is 6.07 Å². The van der Waals surface area contributed by atoms with Gasteiger partial charge in [-0.2, -0.15) is 13.2 Å². The number of rotatable bonds is 4. The van der Waals surface area contributed by atoms with Gasteiger partial charge in [-0.25, -0.2) is 0 Å². The molecule has 0 saturated carbocycles. The number of ether oxygens (including phenoxy) is 1. The van der Waals surface area contributed by atoms with Crippen molar-refractivity contribution < 1.29 is 22.7 Å².